The summed E-state index contributed by atoms with van der Waals surface area (Å²) >= 11 is 0. The average Bonchev–Trinajstić information content (AvgIpc) is 2.29. The molecule has 0 saturated heterocycles. The van der Waals surface area contributed by atoms with Gasteiger partial charge in [0.2, 0.25) is 5.91 Å². The van der Waals surface area contributed by atoms with E-state index in [1.54, 1.807) is 0 Å². The van der Waals surface area contributed by atoms with Crippen LogP contribution in [0.3, 0.4) is 0 Å². The maximum Gasteiger partial charge on any atom is 0.224 e. The quantitative estimate of drug-likeness (QED) is 0.801. The number of rotatable bonds is 5. The molecule has 0 aliphatic rings. The van der Waals surface area contributed by atoms with Gasteiger partial charge in [0.1, 0.15) is 0 Å². The number of amides is 1. The normalized spacial score (nSPS) is 10.2. The Kier molecular flexibility index (Phi) is 4.99. The summed E-state index contributed by atoms with van der Waals surface area (Å²) in [6.45, 7) is 4.56. The van der Waals surface area contributed by atoms with E-state index in [4.69, 9.17) is 5.73 Å². The lowest BCUT2D eigenvalue weighted by Crippen LogP contribution is -2.12. The topological polar surface area (TPSA) is 55.1 Å². The molecule has 1 aromatic rings. The number of nitrogens with one attached hydrogen (secondary N) is 1. The van der Waals surface area contributed by atoms with Gasteiger partial charge in [-0.15, -0.1) is 0 Å². The number of aryl methyl sites for hydroxylation is 1. The number of unbranched alkanes of at least 4 members (excludes halogenated alkanes) is 1. The molecule has 0 aliphatic heterocycles. The van der Waals surface area contributed by atoms with E-state index in [-0.39, 0.29) is 5.91 Å². The van der Waals surface area contributed by atoms with Crippen molar-refractivity contribution in [1.29, 1.82) is 0 Å². The second-order valence-corrected chi connectivity index (χ2v) is 4.01. The SMILES string of the molecule is CCCCC(=O)Nc1cc(CN)ccc1C. The molecule has 0 bridgehead atoms. The van der Waals surface area contributed by atoms with Gasteiger partial charge in [-0.1, -0.05) is 25.5 Å². The van der Waals surface area contributed by atoms with E-state index >= 15 is 0 Å². The van der Waals surface area contributed by atoms with Crippen molar-refractivity contribution in [1.82, 2.24) is 0 Å². The van der Waals surface area contributed by atoms with Crippen LogP contribution in [-0.4, -0.2) is 5.91 Å². The lowest BCUT2D eigenvalue weighted by atomic mass is 10.1. The maximum atomic E-state index is 11.6. The molecular weight excluding hydrogens is 200 g/mol. The molecule has 16 heavy (non-hydrogen) atoms. The van der Waals surface area contributed by atoms with E-state index in [1.165, 1.54) is 0 Å². The zero-order valence-electron chi connectivity index (χ0n) is 10.0. The van der Waals surface area contributed by atoms with Crippen molar-refractivity contribution < 1.29 is 4.79 Å². The van der Waals surface area contributed by atoms with E-state index in [0.717, 1.165) is 29.7 Å². The summed E-state index contributed by atoms with van der Waals surface area (Å²) in [4.78, 5) is 11.6. The van der Waals surface area contributed by atoms with E-state index < -0.39 is 0 Å². The molecule has 88 valence electrons. The first-order valence-corrected chi connectivity index (χ1v) is 5.76. The van der Waals surface area contributed by atoms with Crippen LogP contribution < -0.4 is 11.1 Å². The number of carbonyl (C=O) groups excluding carboxylic acids is 1. The van der Waals surface area contributed by atoms with Gasteiger partial charge in [0, 0.05) is 18.7 Å². The Morgan fingerprint density at radius 2 is 2.19 bits per heavy atom. The monoisotopic (exact) mass is 220 g/mol. The third-order valence-corrected chi connectivity index (χ3v) is 2.57. The Bertz CT molecular complexity index is 361. The molecule has 0 spiro atoms. The Morgan fingerprint density at radius 1 is 1.44 bits per heavy atom. The van der Waals surface area contributed by atoms with E-state index in [0.29, 0.717) is 13.0 Å². The zero-order chi connectivity index (χ0) is 12.0. The second kappa shape index (κ2) is 6.28. The molecule has 0 aliphatic carbocycles. The highest BCUT2D eigenvalue weighted by Crippen LogP contribution is 2.17. The van der Waals surface area contributed by atoms with Gasteiger partial charge in [-0.05, 0) is 30.5 Å². The first-order chi connectivity index (χ1) is 7.67. The summed E-state index contributed by atoms with van der Waals surface area (Å²) < 4.78 is 0. The summed E-state index contributed by atoms with van der Waals surface area (Å²) in [5, 5.41) is 2.93. The molecule has 0 heterocycles. The van der Waals surface area contributed by atoms with Crippen LogP contribution in [0.4, 0.5) is 5.69 Å². The van der Waals surface area contributed by atoms with Crippen LogP contribution >= 0.6 is 0 Å². The van der Waals surface area contributed by atoms with Crippen molar-refractivity contribution in [2.45, 2.75) is 39.7 Å². The van der Waals surface area contributed by atoms with Gasteiger partial charge in [0.25, 0.3) is 0 Å². The minimum atomic E-state index is 0.0825. The third-order valence-electron chi connectivity index (χ3n) is 2.57. The van der Waals surface area contributed by atoms with Gasteiger partial charge in [0.15, 0.2) is 0 Å². The largest absolute Gasteiger partial charge is 0.326 e. The molecule has 3 nitrogen and oxygen atoms in total. The van der Waals surface area contributed by atoms with Crippen LogP contribution in [0.15, 0.2) is 18.2 Å². The predicted molar refractivity (Wildman–Crippen MR) is 67.2 cm³/mol. The number of benzene rings is 1. The lowest BCUT2D eigenvalue weighted by Gasteiger charge is -2.09. The number of hydrogen-bond donors (Lipinski definition) is 2. The van der Waals surface area contributed by atoms with Gasteiger partial charge < -0.3 is 11.1 Å². The molecule has 3 heteroatoms. The summed E-state index contributed by atoms with van der Waals surface area (Å²) in [6.07, 6.45) is 2.56. The minimum absolute atomic E-state index is 0.0825. The Morgan fingerprint density at radius 3 is 2.81 bits per heavy atom. The first kappa shape index (κ1) is 12.7. The maximum absolute atomic E-state index is 11.6. The summed E-state index contributed by atoms with van der Waals surface area (Å²) in [5.41, 5.74) is 8.56. The molecule has 3 N–H and O–H groups in total. The van der Waals surface area contributed by atoms with Gasteiger partial charge in [-0.3, -0.25) is 4.79 Å². The lowest BCUT2D eigenvalue weighted by molar-refractivity contribution is -0.116. The highest BCUT2D eigenvalue weighted by Gasteiger charge is 2.04. The summed E-state index contributed by atoms with van der Waals surface area (Å²) in [6, 6.07) is 5.91. The van der Waals surface area contributed by atoms with Crippen molar-refractivity contribution in [3.05, 3.63) is 29.3 Å². The van der Waals surface area contributed by atoms with Gasteiger partial charge in [-0.2, -0.15) is 0 Å². The number of hydrogen-bond acceptors (Lipinski definition) is 2. The molecule has 0 fully saturated rings. The fourth-order valence-electron chi connectivity index (χ4n) is 1.48. The molecule has 0 aromatic heterocycles. The van der Waals surface area contributed by atoms with Crippen molar-refractivity contribution in [3.8, 4) is 0 Å². The smallest absolute Gasteiger partial charge is 0.224 e. The summed E-state index contributed by atoms with van der Waals surface area (Å²) in [5.74, 6) is 0.0825. The fourth-order valence-corrected chi connectivity index (χ4v) is 1.48. The van der Waals surface area contributed by atoms with E-state index in [9.17, 15) is 4.79 Å². The standard InChI is InChI=1S/C13H20N2O/c1-3-4-5-13(16)15-12-8-11(9-14)7-6-10(12)2/h6-8H,3-5,9,14H2,1-2H3,(H,15,16). The van der Waals surface area contributed by atoms with E-state index in [1.807, 2.05) is 25.1 Å². The van der Waals surface area contributed by atoms with Crippen molar-refractivity contribution in [2.24, 2.45) is 5.73 Å². The molecule has 1 aromatic carbocycles. The molecule has 1 amide bonds. The molecule has 0 radical (unpaired) electrons. The predicted octanol–water partition coefficient (Wildman–Crippen LogP) is 2.58. The number of nitrogens with two attached hydrogens (primary N) is 1. The van der Waals surface area contributed by atoms with Crippen LogP contribution in [-0.2, 0) is 11.3 Å². The van der Waals surface area contributed by atoms with Gasteiger partial charge >= 0.3 is 0 Å². The van der Waals surface area contributed by atoms with Crippen LogP contribution in [0.2, 0.25) is 0 Å². The Labute approximate surface area is 97.0 Å². The Balaban J connectivity index is 2.68. The number of anilines is 1. The first-order valence-electron chi connectivity index (χ1n) is 5.76. The van der Waals surface area contributed by atoms with Gasteiger partial charge in [0.05, 0.1) is 0 Å². The van der Waals surface area contributed by atoms with Crippen LogP contribution in [0.1, 0.15) is 37.3 Å². The molecule has 0 saturated carbocycles. The van der Waals surface area contributed by atoms with Crippen LogP contribution in [0.5, 0.6) is 0 Å². The molecule has 0 atom stereocenters. The van der Waals surface area contributed by atoms with Crippen molar-refractivity contribution in [3.63, 3.8) is 0 Å². The zero-order valence-corrected chi connectivity index (χ0v) is 10.0. The van der Waals surface area contributed by atoms with Crippen molar-refractivity contribution >= 4 is 11.6 Å². The van der Waals surface area contributed by atoms with Gasteiger partial charge in [-0.25, -0.2) is 0 Å². The third kappa shape index (κ3) is 3.66. The van der Waals surface area contributed by atoms with Crippen LogP contribution in [0, 0.1) is 6.92 Å². The minimum Gasteiger partial charge on any atom is -0.326 e. The highest BCUT2D eigenvalue weighted by atomic mass is 16.1. The van der Waals surface area contributed by atoms with Crippen LogP contribution in [0.25, 0.3) is 0 Å². The highest BCUT2D eigenvalue weighted by molar-refractivity contribution is 5.91. The van der Waals surface area contributed by atoms with E-state index in [2.05, 4.69) is 12.2 Å². The second-order valence-electron chi connectivity index (χ2n) is 4.01. The fraction of sp³-hybridized carbons (Fsp3) is 0.462. The summed E-state index contributed by atoms with van der Waals surface area (Å²) in [7, 11) is 0. The average molecular weight is 220 g/mol. The Hall–Kier alpha value is -1.35. The molecule has 1 rings (SSSR count). The molecular formula is C13H20N2O. The number of carbonyl (C=O) groups is 1. The molecule has 0 unspecified atom stereocenters. The van der Waals surface area contributed by atoms with Crippen molar-refractivity contribution in [2.75, 3.05) is 5.32 Å².